The van der Waals surface area contributed by atoms with Gasteiger partial charge in [-0.25, -0.2) is 4.79 Å². The topological polar surface area (TPSA) is 139 Å². The van der Waals surface area contributed by atoms with E-state index in [1.807, 2.05) is 0 Å². The summed E-state index contributed by atoms with van der Waals surface area (Å²) in [5, 5.41) is 24.4. The van der Waals surface area contributed by atoms with Crippen molar-refractivity contribution in [2.75, 3.05) is 0 Å². The van der Waals surface area contributed by atoms with Crippen LogP contribution in [0.25, 0.3) is 0 Å². The first-order chi connectivity index (χ1) is 11.3. The maximum atomic E-state index is 12.0. The average molecular weight is 337 g/mol. The fraction of sp³-hybridized carbons (Fsp3) is 0.400. The number of carbonyl (C=O) groups is 3. The molecule has 0 aromatic heterocycles. The molecule has 9 nitrogen and oxygen atoms in total. The highest BCUT2D eigenvalue weighted by Crippen LogP contribution is 2.13. The average Bonchev–Trinajstić information content (AvgIpc) is 2.54. The summed E-state index contributed by atoms with van der Waals surface area (Å²) < 4.78 is 0. The van der Waals surface area contributed by atoms with Crippen molar-refractivity contribution in [3.05, 3.63) is 39.9 Å². The molecule has 0 aliphatic heterocycles. The molecule has 0 radical (unpaired) electrons. The number of non-ortho nitro benzene ring substituents is 1. The van der Waals surface area contributed by atoms with Crippen molar-refractivity contribution >= 4 is 23.5 Å². The number of hydrogen-bond donors (Lipinski definition) is 3. The van der Waals surface area contributed by atoms with Crippen LogP contribution in [-0.2, 0) is 9.59 Å². The molecule has 0 spiro atoms. The Labute approximate surface area is 138 Å². The number of amides is 2. The van der Waals surface area contributed by atoms with Crippen LogP contribution in [0.3, 0.4) is 0 Å². The monoisotopic (exact) mass is 337 g/mol. The third-order valence-electron chi connectivity index (χ3n) is 3.25. The smallest absolute Gasteiger partial charge is 0.326 e. The molecule has 0 aliphatic carbocycles. The van der Waals surface area contributed by atoms with E-state index in [9.17, 15) is 24.5 Å². The normalized spacial score (nSPS) is 12.8. The van der Waals surface area contributed by atoms with Gasteiger partial charge in [0.2, 0.25) is 5.91 Å². The Morgan fingerprint density at radius 3 is 2.50 bits per heavy atom. The summed E-state index contributed by atoms with van der Waals surface area (Å²) in [7, 11) is 0. The fourth-order valence-electron chi connectivity index (χ4n) is 1.95. The summed E-state index contributed by atoms with van der Waals surface area (Å²) in [6.45, 7) is 3.19. The van der Waals surface area contributed by atoms with Gasteiger partial charge in [-0.05, 0) is 19.4 Å². The summed E-state index contributed by atoms with van der Waals surface area (Å²) in [6, 6.07) is 3.06. The number of carboxylic acids is 1. The highest BCUT2D eigenvalue weighted by Gasteiger charge is 2.23. The second-order valence-corrected chi connectivity index (χ2v) is 5.19. The van der Waals surface area contributed by atoms with Gasteiger partial charge in [0.15, 0.2) is 0 Å². The number of nitrogens with one attached hydrogen (secondary N) is 2. The van der Waals surface area contributed by atoms with E-state index in [1.54, 1.807) is 6.92 Å². The number of aliphatic carboxylic acids is 1. The van der Waals surface area contributed by atoms with Crippen LogP contribution >= 0.6 is 0 Å². The minimum Gasteiger partial charge on any atom is -0.480 e. The Morgan fingerprint density at radius 1 is 1.29 bits per heavy atom. The van der Waals surface area contributed by atoms with Crippen molar-refractivity contribution in [1.29, 1.82) is 0 Å². The van der Waals surface area contributed by atoms with Gasteiger partial charge in [-0.2, -0.15) is 0 Å². The van der Waals surface area contributed by atoms with E-state index in [4.69, 9.17) is 5.11 Å². The highest BCUT2D eigenvalue weighted by molar-refractivity contribution is 5.98. The van der Waals surface area contributed by atoms with E-state index in [2.05, 4.69) is 10.6 Å². The van der Waals surface area contributed by atoms with Crippen molar-refractivity contribution in [3.63, 3.8) is 0 Å². The van der Waals surface area contributed by atoms with Gasteiger partial charge in [0.05, 0.1) is 4.92 Å². The molecule has 3 N–H and O–H groups in total. The number of carboxylic acid groups (broad SMARTS) is 1. The maximum Gasteiger partial charge on any atom is 0.326 e. The zero-order valence-corrected chi connectivity index (χ0v) is 13.3. The quantitative estimate of drug-likeness (QED) is 0.479. The molecule has 1 aromatic carbocycles. The third kappa shape index (κ3) is 5.34. The summed E-state index contributed by atoms with van der Waals surface area (Å²) in [5.74, 6) is -2.46. The molecule has 0 saturated heterocycles. The van der Waals surface area contributed by atoms with Gasteiger partial charge < -0.3 is 15.7 Å². The Bertz CT molecular complexity index is 646. The van der Waals surface area contributed by atoms with Gasteiger partial charge >= 0.3 is 5.97 Å². The molecule has 2 unspecified atom stereocenters. The lowest BCUT2D eigenvalue weighted by Crippen LogP contribution is -2.50. The van der Waals surface area contributed by atoms with Gasteiger partial charge in [0.25, 0.3) is 11.6 Å². The first-order valence-corrected chi connectivity index (χ1v) is 7.34. The minimum atomic E-state index is -1.15. The van der Waals surface area contributed by atoms with Gasteiger partial charge in [-0.3, -0.25) is 19.7 Å². The molecule has 0 heterocycles. The number of nitro groups is 1. The molecule has 0 aliphatic rings. The van der Waals surface area contributed by atoms with E-state index in [-0.39, 0.29) is 17.7 Å². The van der Waals surface area contributed by atoms with Crippen molar-refractivity contribution in [2.24, 2.45) is 0 Å². The largest absolute Gasteiger partial charge is 0.480 e. The van der Waals surface area contributed by atoms with E-state index < -0.39 is 34.8 Å². The van der Waals surface area contributed by atoms with E-state index in [1.165, 1.54) is 25.1 Å². The van der Waals surface area contributed by atoms with Crippen molar-refractivity contribution < 1.29 is 24.4 Å². The van der Waals surface area contributed by atoms with Crippen LogP contribution in [0, 0.1) is 10.1 Å². The van der Waals surface area contributed by atoms with Crippen LogP contribution in [0.15, 0.2) is 24.3 Å². The molecule has 0 bridgehead atoms. The van der Waals surface area contributed by atoms with Crippen LogP contribution in [0.1, 0.15) is 37.0 Å². The number of benzene rings is 1. The number of nitro benzene ring substituents is 1. The Balaban J connectivity index is 2.72. The third-order valence-corrected chi connectivity index (χ3v) is 3.25. The maximum absolute atomic E-state index is 12.0. The number of hydrogen-bond acceptors (Lipinski definition) is 5. The predicted octanol–water partition coefficient (Wildman–Crippen LogP) is 1.08. The molecule has 0 saturated carbocycles. The molecule has 0 fully saturated rings. The second kappa shape index (κ2) is 8.61. The molecular formula is C15H19N3O6. The first-order valence-electron chi connectivity index (χ1n) is 7.34. The predicted molar refractivity (Wildman–Crippen MR) is 84.5 cm³/mol. The van der Waals surface area contributed by atoms with Crippen molar-refractivity contribution in [3.8, 4) is 0 Å². The Hall–Kier alpha value is -2.97. The van der Waals surface area contributed by atoms with Gasteiger partial charge in [-0.1, -0.05) is 19.4 Å². The number of nitrogens with zero attached hydrogens (tertiary/aromatic N) is 1. The lowest BCUT2D eigenvalue weighted by atomic mass is 10.1. The van der Waals surface area contributed by atoms with Crippen LogP contribution in [0.2, 0.25) is 0 Å². The van der Waals surface area contributed by atoms with Crippen LogP contribution in [0.4, 0.5) is 5.69 Å². The Kier molecular flexibility index (Phi) is 6.84. The summed E-state index contributed by atoms with van der Waals surface area (Å²) in [4.78, 5) is 45.1. The van der Waals surface area contributed by atoms with Crippen molar-refractivity contribution in [2.45, 2.75) is 38.8 Å². The van der Waals surface area contributed by atoms with Gasteiger partial charge in [-0.15, -0.1) is 0 Å². The highest BCUT2D eigenvalue weighted by atomic mass is 16.6. The summed E-state index contributed by atoms with van der Waals surface area (Å²) in [5.41, 5.74) is -0.208. The SMILES string of the molecule is CCCC(NC(=O)C(C)NC(=O)c1cccc([N+](=O)[O-])c1)C(=O)O. The molecule has 130 valence electrons. The molecule has 2 amide bonds. The fourth-order valence-corrected chi connectivity index (χ4v) is 1.95. The molecular weight excluding hydrogens is 318 g/mol. The standard InChI is InChI=1S/C15H19N3O6/c1-3-5-12(15(21)22)17-13(19)9(2)16-14(20)10-6-4-7-11(8-10)18(23)24/h4,6-9,12H,3,5H2,1-2H3,(H,16,20)(H,17,19)(H,21,22). The molecule has 9 heteroatoms. The summed E-state index contributed by atoms with van der Waals surface area (Å²) >= 11 is 0. The molecule has 2 atom stereocenters. The van der Waals surface area contributed by atoms with E-state index in [0.717, 1.165) is 6.07 Å². The summed E-state index contributed by atoms with van der Waals surface area (Å²) in [6.07, 6.45) is 0.846. The van der Waals surface area contributed by atoms with Crippen LogP contribution in [-0.4, -0.2) is 39.9 Å². The zero-order valence-electron chi connectivity index (χ0n) is 13.3. The molecule has 1 rings (SSSR count). The Morgan fingerprint density at radius 2 is 1.96 bits per heavy atom. The lowest BCUT2D eigenvalue weighted by Gasteiger charge is -2.18. The van der Waals surface area contributed by atoms with Gasteiger partial charge in [0, 0.05) is 17.7 Å². The molecule has 1 aromatic rings. The number of rotatable bonds is 8. The van der Waals surface area contributed by atoms with Crippen LogP contribution in [0.5, 0.6) is 0 Å². The van der Waals surface area contributed by atoms with Gasteiger partial charge in [0.1, 0.15) is 12.1 Å². The molecule has 24 heavy (non-hydrogen) atoms. The second-order valence-electron chi connectivity index (χ2n) is 5.19. The first kappa shape index (κ1) is 19.1. The lowest BCUT2D eigenvalue weighted by molar-refractivity contribution is -0.384. The number of carbonyl (C=O) groups excluding carboxylic acids is 2. The zero-order chi connectivity index (χ0) is 18.3. The van der Waals surface area contributed by atoms with E-state index in [0.29, 0.717) is 6.42 Å². The van der Waals surface area contributed by atoms with E-state index >= 15 is 0 Å². The van der Waals surface area contributed by atoms with Crippen molar-refractivity contribution in [1.82, 2.24) is 10.6 Å². The van der Waals surface area contributed by atoms with Crippen LogP contribution < -0.4 is 10.6 Å². The minimum absolute atomic E-state index is 0.0344.